The van der Waals surface area contributed by atoms with Crippen molar-refractivity contribution in [2.75, 3.05) is 17.2 Å². The van der Waals surface area contributed by atoms with Crippen molar-refractivity contribution < 1.29 is 14.3 Å². The molecule has 2 N–H and O–H groups in total. The Morgan fingerprint density at radius 2 is 1.97 bits per heavy atom. The van der Waals surface area contributed by atoms with Gasteiger partial charge in [0.15, 0.2) is 0 Å². The van der Waals surface area contributed by atoms with E-state index in [-0.39, 0.29) is 11.9 Å². The Balaban J connectivity index is 1.56. The summed E-state index contributed by atoms with van der Waals surface area (Å²) in [5.41, 5.74) is 4.34. The zero-order valence-corrected chi connectivity index (χ0v) is 20.3. The SMILES string of the molecule is CCOC(=O)c1ccc(NC(=O)c2c(NCc3sccc3C)sc3c2CC[C@@H](C)C3)cc1. The van der Waals surface area contributed by atoms with Crippen LogP contribution in [0.2, 0.25) is 0 Å². The Morgan fingerprint density at radius 3 is 2.66 bits per heavy atom. The first-order chi connectivity index (χ1) is 15.5. The minimum atomic E-state index is -0.359. The van der Waals surface area contributed by atoms with E-state index in [1.54, 1.807) is 53.9 Å². The average Bonchev–Trinajstić information content (AvgIpc) is 3.35. The molecule has 32 heavy (non-hydrogen) atoms. The number of aryl methyl sites for hydroxylation is 1. The molecule has 0 aliphatic heterocycles. The number of nitrogens with one attached hydrogen (secondary N) is 2. The van der Waals surface area contributed by atoms with Gasteiger partial charge >= 0.3 is 5.97 Å². The first-order valence-corrected chi connectivity index (χ1v) is 12.7. The maximum Gasteiger partial charge on any atom is 0.338 e. The van der Waals surface area contributed by atoms with Crippen LogP contribution < -0.4 is 10.6 Å². The number of hydrogen-bond acceptors (Lipinski definition) is 6. The zero-order chi connectivity index (χ0) is 22.7. The van der Waals surface area contributed by atoms with Gasteiger partial charge in [0, 0.05) is 15.4 Å². The fourth-order valence-corrected chi connectivity index (χ4v) is 6.21. The first-order valence-electron chi connectivity index (χ1n) is 11.0. The quantitative estimate of drug-likeness (QED) is 0.400. The number of rotatable bonds is 7. The average molecular weight is 469 g/mol. The molecule has 4 rings (SSSR count). The van der Waals surface area contributed by atoms with Gasteiger partial charge in [-0.15, -0.1) is 22.7 Å². The van der Waals surface area contributed by atoms with Crippen molar-refractivity contribution in [3.05, 3.63) is 67.7 Å². The molecule has 0 unspecified atom stereocenters. The molecule has 1 aromatic carbocycles. The van der Waals surface area contributed by atoms with E-state index in [2.05, 4.69) is 35.9 Å². The molecule has 0 saturated heterocycles. The van der Waals surface area contributed by atoms with Gasteiger partial charge < -0.3 is 15.4 Å². The van der Waals surface area contributed by atoms with E-state index >= 15 is 0 Å². The maximum absolute atomic E-state index is 13.4. The summed E-state index contributed by atoms with van der Waals surface area (Å²) in [4.78, 5) is 27.8. The number of thiophene rings is 2. The molecule has 5 nitrogen and oxygen atoms in total. The number of ether oxygens (including phenoxy) is 1. The van der Waals surface area contributed by atoms with Crippen LogP contribution >= 0.6 is 22.7 Å². The molecule has 0 spiro atoms. The summed E-state index contributed by atoms with van der Waals surface area (Å²) in [7, 11) is 0. The van der Waals surface area contributed by atoms with Crippen molar-refractivity contribution in [3.8, 4) is 0 Å². The van der Waals surface area contributed by atoms with Gasteiger partial charge in [-0.2, -0.15) is 0 Å². The normalized spacial score (nSPS) is 15.2. The van der Waals surface area contributed by atoms with Crippen LogP contribution in [0.1, 0.15) is 61.9 Å². The highest BCUT2D eigenvalue weighted by Gasteiger charge is 2.27. The summed E-state index contributed by atoms with van der Waals surface area (Å²) in [5, 5.41) is 9.61. The third-order valence-corrected chi connectivity index (χ3v) is 8.01. The molecule has 3 aromatic rings. The van der Waals surface area contributed by atoms with Gasteiger partial charge in [-0.05, 0) is 85.9 Å². The largest absolute Gasteiger partial charge is 0.462 e. The lowest BCUT2D eigenvalue weighted by Crippen LogP contribution is -2.18. The van der Waals surface area contributed by atoms with Crippen molar-refractivity contribution in [2.24, 2.45) is 5.92 Å². The van der Waals surface area contributed by atoms with E-state index in [0.29, 0.717) is 30.3 Å². The fraction of sp³-hybridized carbons (Fsp3) is 0.360. The molecule has 168 valence electrons. The predicted octanol–water partition coefficient (Wildman–Crippen LogP) is 6.28. The Hall–Kier alpha value is -2.64. The summed E-state index contributed by atoms with van der Waals surface area (Å²) >= 11 is 3.45. The minimum absolute atomic E-state index is 0.105. The first kappa shape index (κ1) is 22.6. The molecule has 0 saturated carbocycles. The second-order valence-corrected chi connectivity index (χ2v) is 10.3. The molecule has 7 heteroatoms. The Bertz CT molecular complexity index is 1110. The molecule has 2 heterocycles. The number of carbonyl (C=O) groups is 2. The highest BCUT2D eigenvalue weighted by atomic mass is 32.1. The Kier molecular flexibility index (Phi) is 6.96. The van der Waals surface area contributed by atoms with Crippen LogP contribution in [0, 0.1) is 12.8 Å². The van der Waals surface area contributed by atoms with Crippen LogP contribution in [0.5, 0.6) is 0 Å². The molecule has 0 bridgehead atoms. The third-order valence-electron chi connectivity index (χ3n) is 5.77. The van der Waals surface area contributed by atoms with Gasteiger partial charge in [0.2, 0.25) is 0 Å². The Labute approximate surface area is 196 Å². The molecular formula is C25H28N2O3S2. The van der Waals surface area contributed by atoms with Crippen molar-refractivity contribution in [3.63, 3.8) is 0 Å². The maximum atomic E-state index is 13.4. The van der Waals surface area contributed by atoms with Crippen molar-refractivity contribution >= 4 is 45.2 Å². The monoisotopic (exact) mass is 468 g/mol. The third kappa shape index (κ3) is 4.89. The summed E-state index contributed by atoms with van der Waals surface area (Å²) in [6, 6.07) is 8.96. The summed E-state index contributed by atoms with van der Waals surface area (Å²) in [6.45, 7) is 7.21. The van der Waals surface area contributed by atoms with E-state index in [0.717, 1.165) is 29.8 Å². The number of hydrogen-bond donors (Lipinski definition) is 2. The van der Waals surface area contributed by atoms with Gasteiger partial charge in [0.1, 0.15) is 5.00 Å². The van der Waals surface area contributed by atoms with E-state index in [1.807, 2.05) is 0 Å². The lowest BCUT2D eigenvalue weighted by Gasteiger charge is -2.18. The van der Waals surface area contributed by atoms with Crippen LogP contribution in [0.15, 0.2) is 35.7 Å². The molecule has 0 fully saturated rings. The minimum Gasteiger partial charge on any atom is -0.462 e. The summed E-state index contributed by atoms with van der Waals surface area (Å²) in [5.74, 6) is 0.174. The van der Waals surface area contributed by atoms with Gasteiger partial charge in [0.05, 0.1) is 24.3 Å². The van der Waals surface area contributed by atoms with Crippen LogP contribution in [0.4, 0.5) is 10.7 Å². The van der Waals surface area contributed by atoms with E-state index in [9.17, 15) is 9.59 Å². The van der Waals surface area contributed by atoms with E-state index in [4.69, 9.17) is 4.74 Å². The molecule has 1 aliphatic carbocycles. The molecule has 1 atom stereocenters. The van der Waals surface area contributed by atoms with Crippen LogP contribution in [0.25, 0.3) is 0 Å². The molecular weight excluding hydrogens is 440 g/mol. The molecule has 0 radical (unpaired) electrons. The number of fused-ring (bicyclic) bond motifs is 1. The predicted molar refractivity (Wildman–Crippen MR) is 132 cm³/mol. The van der Waals surface area contributed by atoms with E-state index in [1.165, 1.54) is 20.9 Å². The van der Waals surface area contributed by atoms with E-state index < -0.39 is 0 Å². The van der Waals surface area contributed by atoms with Crippen molar-refractivity contribution in [2.45, 2.75) is 46.6 Å². The number of esters is 1. The Morgan fingerprint density at radius 1 is 1.19 bits per heavy atom. The number of anilines is 2. The van der Waals surface area contributed by atoms with Gasteiger partial charge in [-0.1, -0.05) is 6.92 Å². The molecule has 1 aliphatic rings. The second-order valence-electron chi connectivity index (χ2n) is 8.19. The number of benzene rings is 1. The van der Waals surface area contributed by atoms with Gasteiger partial charge in [-0.25, -0.2) is 4.79 Å². The smallest absolute Gasteiger partial charge is 0.338 e. The molecule has 1 amide bonds. The fourth-order valence-electron chi connectivity index (χ4n) is 3.96. The zero-order valence-electron chi connectivity index (χ0n) is 18.6. The van der Waals surface area contributed by atoms with Crippen molar-refractivity contribution in [1.29, 1.82) is 0 Å². The van der Waals surface area contributed by atoms with Crippen molar-refractivity contribution in [1.82, 2.24) is 0 Å². The second kappa shape index (κ2) is 9.88. The van der Waals surface area contributed by atoms with Crippen LogP contribution in [0.3, 0.4) is 0 Å². The van der Waals surface area contributed by atoms with Gasteiger partial charge in [0.25, 0.3) is 5.91 Å². The molecule has 2 aromatic heterocycles. The highest BCUT2D eigenvalue weighted by Crippen LogP contribution is 2.40. The lowest BCUT2D eigenvalue weighted by molar-refractivity contribution is 0.0526. The number of carbonyl (C=O) groups excluding carboxylic acids is 2. The van der Waals surface area contributed by atoms with Crippen LogP contribution in [-0.4, -0.2) is 18.5 Å². The lowest BCUT2D eigenvalue weighted by atomic mass is 9.88. The topological polar surface area (TPSA) is 67.4 Å². The summed E-state index contributed by atoms with van der Waals surface area (Å²) < 4.78 is 5.03. The van der Waals surface area contributed by atoms with Gasteiger partial charge in [-0.3, -0.25) is 4.79 Å². The highest BCUT2D eigenvalue weighted by molar-refractivity contribution is 7.16. The summed E-state index contributed by atoms with van der Waals surface area (Å²) in [6.07, 6.45) is 3.05. The standard InChI is InChI=1S/C25H28N2O3S2/c1-4-30-25(29)17-6-8-18(9-7-17)27-23(28)22-19-10-5-15(2)13-20(19)32-24(22)26-14-21-16(3)11-12-31-21/h6-9,11-12,15,26H,4-5,10,13-14H2,1-3H3,(H,27,28)/t15-/m1/s1. The number of amides is 1. The van der Waals surface area contributed by atoms with Crippen LogP contribution in [-0.2, 0) is 24.1 Å².